The summed E-state index contributed by atoms with van der Waals surface area (Å²) in [4.78, 5) is 122. The summed E-state index contributed by atoms with van der Waals surface area (Å²) in [6.07, 6.45) is 3.73. The molecule has 10 amide bonds. The first-order chi connectivity index (χ1) is 37.4. The fourth-order valence-corrected chi connectivity index (χ4v) is 8.67. The van der Waals surface area contributed by atoms with E-state index in [0.29, 0.717) is 17.1 Å². The highest BCUT2D eigenvalue weighted by molar-refractivity contribution is 6.12. The average molecular weight is 1100 g/mol. The number of urea groups is 1. The number of nitrogens with zero attached hydrogens (tertiary/aromatic N) is 4. The van der Waals surface area contributed by atoms with Crippen LogP contribution in [0.15, 0.2) is 91.1 Å². The van der Waals surface area contributed by atoms with Crippen LogP contribution in [0.4, 0.5) is 19.3 Å². The molecule has 4 atom stereocenters. The summed E-state index contributed by atoms with van der Waals surface area (Å²) in [6, 6.07) is 13.5. The minimum Gasteiger partial charge on any atom is -0.387 e. The number of benzene rings is 3. The smallest absolute Gasteiger partial charge is 0.312 e. The summed E-state index contributed by atoms with van der Waals surface area (Å²) in [6.45, 7) is 8.06. The molecule has 1 aliphatic rings. The maximum Gasteiger partial charge on any atom is 0.312 e. The Kier molecular flexibility index (Phi) is 22.4. The topological polar surface area (TPSA) is 322 Å². The first-order valence-corrected chi connectivity index (χ1v) is 25.8. The zero-order valence-corrected chi connectivity index (χ0v) is 44.9. The van der Waals surface area contributed by atoms with Crippen molar-refractivity contribution in [2.24, 2.45) is 22.8 Å². The van der Waals surface area contributed by atoms with Crippen molar-refractivity contribution in [3.8, 4) is 11.3 Å². The second kappa shape index (κ2) is 28.8. The summed E-state index contributed by atoms with van der Waals surface area (Å²) < 4.78 is 31.3. The molecule has 0 aliphatic carbocycles. The van der Waals surface area contributed by atoms with E-state index in [-0.39, 0.29) is 88.5 Å². The number of anilines is 1. The van der Waals surface area contributed by atoms with Crippen molar-refractivity contribution in [1.29, 1.82) is 0 Å². The van der Waals surface area contributed by atoms with Gasteiger partial charge in [0.2, 0.25) is 35.4 Å². The van der Waals surface area contributed by atoms with Crippen LogP contribution in [0.25, 0.3) is 11.3 Å². The Hall–Kier alpha value is -8.38. The van der Waals surface area contributed by atoms with Gasteiger partial charge in [0.1, 0.15) is 36.1 Å². The minimum atomic E-state index is -1.21. The SMILES string of the molecule is CC(C)C(NC(=O)CCNC(=O)[C@@H](N)CCN(C(=O)CO)[C@@H](c1nc(-c2cc(F)ccc2F)cn1Cc1ccccc1)C(C)(C)C)C(=O)N[C@@H](CCCNC(N)=O)C(=O)Nc1ccc(CC(=O)NCCN2C(=O)C=CC2=O)cc1. The highest BCUT2D eigenvalue weighted by Crippen LogP contribution is 2.39. The Morgan fingerprint density at radius 1 is 0.785 bits per heavy atom. The molecule has 1 aliphatic heterocycles. The molecule has 0 radical (unpaired) electrons. The zero-order chi connectivity index (χ0) is 58.0. The van der Waals surface area contributed by atoms with Crippen LogP contribution in [0.2, 0.25) is 0 Å². The van der Waals surface area contributed by atoms with Gasteiger partial charge in [-0.05, 0) is 72.1 Å². The van der Waals surface area contributed by atoms with Gasteiger partial charge in [-0.3, -0.25) is 43.3 Å². The van der Waals surface area contributed by atoms with Gasteiger partial charge in [-0.2, -0.15) is 0 Å². The van der Waals surface area contributed by atoms with E-state index < -0.39 is 101 Å². The lowest BCUT2D eigenvalue weighted by Gasteiger charge is -2.40. The maximum absolute atomic E-state index is 15.2. The molecule has 11 N–H and O–H groups in total. The quantitative estimate of drug-likeness (QED) is 0.0292. The van der Waals surface area contributed by atoms with E-state index in [9.17, 15) is 52.6 Å². The van der Waals surface area contributed by atoms with Gasteiger partial charge < -0.3 is 57.9 Å². The molecule has 0 spiro atoms. The average Bonchev–Trinajstić information content (AvgIpc) is 4.20. The van der Waals surface area contributed by atoms with Crippen LogP contribution in [0.1, 0.15) is 83.3 Å². The standard InChI is InChI=1S/C55H70F2N12O10/c1-33(2)48(53(78)65-41(12-9-23-62-54(59)79)52(77)63-37-16-13-34(14-17-37)28-44(72)60-25-27-68-45(73)19-20-46(68)74)66-43(71)21-24-61-51(76)40(58)22-26-69(47(75)32-70)49(55(3,4)5)50-64-42(38-29-36(56)15-18-39(38)57)31-67(50)30-35-10-7-6-8-11-35/h6-8,10-11,13-20,29,31,33,40-41,48-49,70H,9,12,21-28,30,32,58H2,1-5H3,(H,60,72)(H,61,76)(H,63,77)(H,65,78)(H,66,71)(H3,59,62,79)/t40-,41-,48?,49-/m0/s1. The van der Waals surface area contributed by atoms with Gasteiger partial charge in [0, 0.05) is 75.3 Å². The second-order valence-electron chi connectivity index (χ2n) is 20.3. The van der Waals surface area contributed by atoms with Gasteiger partial charge >= 0.3 is 6.03 Å². The van der Waals surface area contributed by atoms with Gasteiger partial charge in [-0.1, -0.05) is 77.1 Å². The molecule has 0 saturated heterocycles. The van der Waals surface area contributed by atoms with Gasteiger partial charge in [0.15, 0.2) is 0 Å². The number of nitrogens with two attached hydrogens (primary N) is 2. The summed E-state index contributed by atoms with van der Waals surface area (Å²) in [5.41, 5.74) is 12.6. The number of aliphatic hydroxyl groups is 1. The number of imidazole rings is 1. The largest absolute Gasteiger partial charge is 0.387 e. The van der Waals surface area contributed by atoms with Crippen LogP contribution in [-0.2, 0) is 51.3 Å². The third-order valence-electron chi connectivity index (χ3n) is 12.7. The van der Waals surface area contributed by atoms with Crippen molar-refractivity contribution in [2.45, 2.75) is 97.4 Å². The van der Waals surface area contributed by atoms with E-state index in [2.05, 4.69) is 31.9 Å². The van der Waals surface area contributed by atoms with Gasteiger partial charge in [-0.25, -0.2) is 18.6 Å². The summed E-state index contributed by atoms with van der Waals surface area (Å²) in [5.74, 6) is -6.13. The van der Waals surface area contributed by atoms with Crippen LogP contribution in [0, 0.1) is 23.0 Å². The Bertz CT molecular complexity index is 2840. The van der Waals surface area contributed by atoms with E-state index in [1.807, 2.05) is 51.1 Å². The zero-order valence-electron chi connectivity index (χ0n) is 44.9. The third-order valence-corrected chi connectivity index (χ3v) is 12.7. The molecule has 1 aromatic heterocycles. The molecule has 424 valence electrons. The van der Waals surface area contributed by atoms with Gasteiger partial charge in [0.25, 0.3) is 11.8 Å². The predicted molar refractivity (Wildman–Crippen MR) is 288 cm³/mol. The lowest BCUT2D eigenvalue weighted by Crippen LogP contribution is -2.55. The maximum atomic E-state index is 15.2. The van der Waals surface area contributed by atoms with Crippen molar-refractivity contribution in [3.05, 3.63) is 120 Å². The second-order valence-corrected chi connectivity index (χ2v) is 20.3. The van der Waals surface area contributed by atoms with E-state index in [0.717, 1.165) is 40.8 Å². The first kappa shape index (κ1) is 61.5. The number of carbonyl (C=O) groups is 9. The number of aromatic nitrogens is 2. The van der Waals surface area contributed by atoms with E-state index in [4.69, 9.17) is 16.5 Å². The molecule has 0 fully saturated rings. The van der Waals surface area contributed by atoms with Crippen molar-refractivity contribution in [1.82, 2.24) is 45.9 Å². The highest BCUT2D eigenvalue weighted by Gasteiger charge is 2.39. The fraction of sp³-hybridized carbons (Fsp3) is 0.418. The van der Waals surface area contributed by atoms with Crippen LogP contribution in [0.3, 0.4) is 0 Å². The number of hydrogen-bond acceptors (Lipinski definition) is 12. The first-order valence-electron chi connectivity index (χ1n) is 25.8. The van der Waals surface area contributed by atoms with Crippen molar-refractivity contribution >= 4 is 59.0 Å². The van der Waals surface area contributed by atoms with E-state index in [1.165, 1.54) is 4.90 Å². The Morgan fingerprint density at radius 2 is 1.47 bits per heavy atom. The lowest BCUT2D eigenvalue weighted by atomic mass is 9.84. The van der Waals surface area contributed by atoms with E-state index in [1.54, 1.807) is 48.9 Å². The number of aliphatic hydroxyl groups excluding tert-OH is 1. The fourth-order valence-electron chi connectivity index (χ4n) is 8.67. The Morgan fingerprint density at radius 3 is 2.10 bits per heavy atom. The number of amides is 10. The number of halogens is 2. The van der Waals surface area contributed by atoms with Crippen molar-refractivity contribution in [3.63, 3.8) is 0 Å². The summed E-state index contributed by atoms with van der Waals surface area (Å²) >= 11 is 0. The minimum absolute atomic E-state index is 0.0166. The molecule has 5 rings (SSSR count). The predicted octanol–water partition coefficient (Wildman–Crippen LogP) is 2.30. The van der Waals surface area contributed by atoms with Crippen molar-refractivity contribution < 1.29 is 57.0 Å². The number of nitrogens with one attached hydrogen (secondary N) is 6. The number of rotatable bonds is 28. The molecular formula is C55H70F2N12O10. The third kappa shape index (κ3) is 18.4. The van der Waals surface area contributed by atoms with Gasteiger partial charge in [0.05, 0.1) is 24.2 Å². The normalized spacial score (nSPS) is 13.8. The Balaban J connectivity index is 1.17. The molecule has 79 heavy (non-hydrogen) atoms. The summed E-state index contributed by atoms with van der Waals surface area (Å²) in [7, 11) is 0. The van der Waals surface area contributed by atoms with Crippen LogP contribution in [-0.4, -0.2) is 135 Å². The molecule has 1 unspecified atom stereocenters. The Labute approximate surface area is 456 Å². The van der Waals surface area contributed by atoms with Crippen LogP contribution >= 0.6 is 0 Å². The molecule has 0 bridgehead atoms. The molecule has 2 heterocycles. The number of carbonyl (C=O) groups excluding carboxylic acids is 9. The lowest BCUT2D eigenvalue weighted by molar-refractivity contribution is -0.140. The highest BCUT2D eigenvalue weighted by atomic mass is 19.1. The van der Waals surface area contributed by atoms with Crippen molar-refractivity contribution in [2.75, 3.05) is 44.6 Å². The molecular weight excluding hydrogens is 1030 g/mol. The molecule has 0 saturated carbocycles. The van der Waals surface area contributed by atoms with Gasteiger partial charge in [-0.15, -0.1) is 0 Å². The number of primary amides is 1. The van der Waals surface area contributed by atoms with Crippen LogP contribution < -0.4 is 43.4 Å². The number of hydrogen-bond donors (Lipinski definition) is 9. The molecule has 24 heteroatoms. The molecule has 22 nitrogen and oxygen atoms in total. The monoisotopic (exact) mass is 1100 g/mol. The molecule has 4 aromatic rings. The number of imide groups is 1. The van der Waals surface area contributed by atoms with E-state index >= 15 is 4.39 Å². The summed E-state index contributed by atoms with van der Waals surface area (Å²) in [5, 5.41) is 26.0. The molecule has 3 aromatic carbocycles. The van der Waals surface area contributed by atoms with Crippen LogP contribution in [0.5, 0.6) is 0 Å².